The molecule has 4 aromatic rings. The lowest BCUT2D eigenvalue weighted by molar-refractivity contribution is 0.218. The molecule has 0 radical (unpaired) electrons. The lowest BCUT2D eigenvalue weighted by atomic mass is 10.2. The van der Waals surface area contributed by atoms with Crippen molar-refractivity contribution in [3.05, 3.63) is 82.8 Å². The Hall–Kier alpha value is -2.48. The summed E-state index contributed by atoms with van der Waals surface area (Å²) in [6.07, 6.45) is 0.494. The molecule has 0 aliphatic heterocycles. The monoisotopic (exact) mass is 370 g/mol. The van der Waals surface area contributed by atoms with Gasteiger partial charge in [0.15, 0.2) is 5.65 Å². The summed E-state index contributed by atoms with van der Waals surface area (Å²) in [5, 5.41) is 13.3. The highest BCUT2D eigenvalue weighted by molar-refractivity contribution is 7.90. The van der Waals surface area contributed by atoms with Crippen LogP contribution < -0.4 is 0 Å². The molecular weight excluding hydrogens is 356 g/mol. The van der Waals surface area contributed by atoms with Crippen molar-refractivity contribution >= 4 is 32.4 Å². The van der Waals surface area contributed by atoms with Gasteiger partial charge in [-0.25, -0.2) is 17.4 Å². The normalized spacial score (nSPS) is 13.2. The number of hydrogen-bond acceptors (Lipinski definition) is 5. The standard InChI is InChI=1S/C18H14N2O3S2/c21-17(16-9-5-11-24-16)15-12-13-6-4-10-19-18(13)20(15)25(22,23)14-7-2-1-3-8-14/h1-12,17,21H. The first-order chi connectivity index (χ1) is 12.1. The zero-order valence-corrected chi connectivity index (χ0v) is 14.6. The number of fused-ring (bicyclic) bond motifs is 1. The van der Waals surface area contributed by atoms with Crippen LogP contribution in [0.5, 0.6) is 0 Å². The van der Waals surface area contributed by atoms with Gasteiger partial charge in [0.2, 0.25) is 0 Å². The average molecular weight is 370 g/mol. The number of hydrogen-bond donors (Lipinski definition) is 1. The molecule has 3 heterocycles. The van der Waals surface area contributed by atoms with Crippen molar-refractivity contribution < 1.29 is 13.5 Å². The van der Waals surface area contributed by atoms with E-state index in [2.05, 4.69) is 4.98 Å². The third-order valence-corrected chi connectivity index (χ3v) is 6.58. The fourth-order valence-electron chi connectivity index (χ4n) is 2.77. The van der Waals surface area contributed by atoms with Gasteiger partial charge in [-0.15, -0.1) is 11.3 Å². The van der Waals surface area contributed by atoms with Gasteiger partial charge in [0.05, 0.1) is 10.6 Å². The van der Waals surface area contributed by atoms with Gasteiger partial charge in [-0.3, -0.25) is 0 Å². The molecule has 1 atom stereocenters. The first kappa shape index (κ1) is 16.0. The SMILES string of the molecule is O=S(=O)(c1ccccc1)n1c(C(O)c2cccs2)cc2cccnc21. The van der Waals surface area contributed by atoms with Crippen molar-refractivity contribution in [3.8, 4) is 0 Å². The van der Waals surface area contributed by atoms with Crippen molar-refractivity contribution in [3.63, 3.8) is 0 Å². The van der Waals surface area contributed by atoms with E-state index in [-0.39, 0.29) is 10.6 Å². The van der Waals surface area contributed by atoms with E-state index < -0.39 is 16.1 Å². The Kier molecular flexibility index (Phi) is 3.91. The molecule has 126 valence electrons. The van der Waals surface area contributed by atoms with Gasteiger partial charge in [0.25, 0.3) is 10.0 Å². The number of thiophene rings is 1. The van der Waals surface area contributed by atoms with Gasteiger partial charge in [-0.1, -0.05) is 24.3 Å². The van der Waals surface area contributed by atoms with Gasteiger partial charge in [-0.2, -0.15) is 0 Å². The highest BCUT2D eigenvalue weighted by Crippen LogP contribution is 2.32. The van der Waals surface area contributed by atoms with E-state index in [0.717, 1.165) is 3.97 Å². The molecule has 25 heavy (non-hydrogen) atoms. The molecule has 0 fully saturated rings. The predicted molar refractivity (Wildman–Crippen MR) is 97.1 cm³/mol. The first-order valence-electron chi connectivity index (χ1n) is 7.57. The molecule has 0 saturated heterocycles. The summed E-state index contributed by atoms with van der Waals surface area (Å²) in [5.74, 6) is 0. The number of benzene rings is 1. The van der Waals surface area contributed by atoms with Crippen LogP contribution in [0.1, 0.15) is 16.7 Å². The minimum absolute atomic E-state index is 0.151. The number of aliphatic hydroxyl groups is 1. The number of aliphatic hydroxyl groups excluding tert-OH is 1. The second-order valence-electron chi connectivity index (χ2n) is 5.49. The Labute approximate surface area is 148 Å². The minimum Gasteiger partial charge on any atom is -0.381 e. The summed E-state index contributed by atoms with van der Waals surface area (Å²) in [7, 11) is -3.89. The Bertz CT molecular complexity index is 1120. The van der Waals surface area contributed by atoms with E-state index in [1.54, 1.807) is 48.7 Å². The molecule has 0 aliphatic rings. The van der Waals surface area contributed by atoms with E-state index in [9.17, 15) is 13.5 Å². The van der Waals surface area contributed by atoms with Crippen molar-refractivity contribution in [1.29, 1.82) is 0 Å². The summed E-state index contributed by atoms with van der Waals surface area (Å²) >= 11 is 1.37. The summed E-state index contributed by atoms with van der Waals surface area (Å²) < 4.78 is 27.6. The summed E-state index contributed by atoms with van der Waals surface area (Å²) in [6, 6.07) is 17.0. The molecule has 3 aromatic heterocycles. The van der Waals surface area contributed by atoms with Crippen molar-refractivity contribution in [1.82, 2.24) is 8.96 Å². The van der Waals surface area contributed by atoms with Gasteiger partial charge in [-0.05, 0) is 41.8 Å². The molecule has 1 aromatic carbocycles. The van der Waals surface area contributed by atoms with Crippen LogP contribution in [0.2, 0.25) is 0 Å². The van der Waals surface area contributed by atoms with E-state index >= 15 is 0 Å². The lowest BCUT2D eigenvalue weighted by Gasteiger charge is -2.14. The Morgan fingerprint density at radius 2 is 1.84 bits per heavy atom. The third kappa shape index (κ3) is 2.66. The van der Waals surface area contributed by atoms with E-state index in [1.807, 2.05) is 11.4 Å². The zero-order chi connectivity index (χ0) is 17.4. The van der Waals surface area contributed by atoms with Crippen LogP contribution >= 0.6 is 11.3 Å². The second-order valence-corrected chi connectivity index (χ2v) is 8.25. The Morgan fingerprint density at radius 3 is 2.56 bits per heavy atom. The Balaban J connectivity index is 2.01. The lowest BCUT2D eigenvalue weighted by Crippen LogP contribution is -2.18. The van der Waals surface area contributed by atoms with Crippen molar-refractivity contribution in [2.45, 2.75) is 11.0 Å². The van der Waals surface area contributed by atoms with E-state index in [4.69, 9.17) is 0 Å². The maximum atomic E-state index is 13.2. The molecule has 4 rings (SSSR count). The van der Waals surface area contributed by atoms with Crippen LogP contribution in [-0.2, 0) is 10.0 Å². The van der Waals surface area contributed by atoms with Crippen LogP contribution in [0.4, 0.5) is 0 Å². The fraction of sp³-hybridized carbons (Fsp3) is 0.0556. The number of pyridine rings is 1. The van der Waals surface area contributed by atoms with Gasteiger partial charge in [0, 0.05) is 16.5 Å². The summed E-state index contributed by atoms with van der Waals surface area (Å²) in [6.45, 7) is 0. The maximum absolute atomic E-state index is 13.2. The predicted octanol–water partition coefficient (Wildman–Crippen LogP) is 3.42. The fourth-order valence-corrected chi connectivity index (χ4v) is 5.01. The van der Waals surface area contributed by atoms with Crippen LogP contribution in [0.15, 0.2) is 77.1 Å². The number of aromatic nitrogens is 2. The second kappa shape index (κ2) is 6.11. The molecule has 1 unspecified atom stereocenters. The smallest absolute Gasteiger partial charge is 0.269 e. The molecule has 0 bridgehead atoms. The first-order valence-corrected chi connectivity index (χ1v) is 9.89. The van der Waals surface area contributed by atoms with E-state index in [0.29, 0.717) is 15.9 Å². The van der Waals surface area contributed by atoms with Crippen molar-refractivity contribution in [2.24, 2.45) is 0 Å². The maximum Gasteiger partial charge on any atom is 0.269 e. The van der Waals surface area contributed by atoms with Crippen LogP contribution in [0.3, 0.4) is 0 Å². The molecule has 7 heteroatoms. The summed E-state index contributed by atoms with van der Waals surface area (Å²) in [4.78, 5) is 5.06. The number of rotatable bonds is 4. The molecule has 5 nitrogen and oxygen atoms in total. The van der Waals surface area contributed by atoms with Crippen LogP contribution in [0.25, 0.3) is 11.0 Å². The van der Waals surface area contributed by atoms with Gasteiger partial charge in [0.1, 0.15) is 6.10 Å². The minimum atomic E-state index is -3.89. The summed E-state index contributed by atoms with van der Waals surface area (Å²) in [5.41, 5.74) is 0.581. The molecular formula is C18H14N2O3S2. The van der Waals surface area contributed by atoms with Gasteiger partial charge >= 0.3 is 0 Å². The quantitative estimate of drug-likeness (QED) is 0.597. The molecule has 0 amide bonds. The average Bonchev–Trinajstić information content (AvgIpc) is 3.29. The number of nitrogens with zero attached hydrogens (tertiary/aromatic N) is 2. The Morgan fingerprint density at radius 1 is 1.04 bits per heavy atom. The van der Waals surface area contributed by atoms with Crippen LogP contribution in [-0.4, -0.2) is 22.5 Å². The topological polar surface area (TPSA) is 72.2 Å². The molecule has 1 N–H and O–H groups in total. The third-order valence-electron chi connectivity index (χ3n) is 3.92. The zero-order valence-electron chi connectivity index (χ0n) is 13.0. The highest BCUT2D eigenvalue weighted by atomic mass is 32.2. The largest absolute Gasteiger partial charge is 0.381 e. The molecule has 0 aliphatic carbocycles. The van der Waals surface area contributed by atoms with Crippen LogP contribution in [0, 0.1) is 0 Å². The molecule has 0 saturated carbocycles. The van der Waals surface area contributed by atoms with Gasteiger partial charge < -0.3 is 5.11 Å². The van der Waals surface area contributed by atoms with Crippen molar-refractivity contribution in [2.75, 3.05) is 0 Å². The molecule has 0 spiro atoms. The highest BCUT2D eigenvalue weighted by Gasteiger charge is 2.28. The van der Waals surface area contributed by atoms with E-state index in [1.165, 1.54) is 23.5 Å².